The lowest BCUT2D eigenvalue weighted by atomic mass is 10.1. The number of pyridine rings is 1. The molecule has 2 rings (SSSR count). The fourth-order valence-corrected chi connectivity index (χ4v) is 1.55. The summed E-state index contributed by atoms with van der Waals surface area (Å²) in [7, 11) is 1.88. The second kappa shape index (κ2) is 4.18. The van der Waals surface area contributed by atoms with E-state index in [1.807, 2.05) is 26.4 Å². The van der Waals surface area contributed by atoms with E-state index < -0.39 is 0 Å². The smallest absolute Gasteiger partial charge is 0.146 e. The van der Waals surface area contributed by atoms with E-state index in [-0.39, 0.29) is 6.04 Å². The summed E-state index contributed by atoms with van der Waals surface area (Å²) in [5.41, 5.74) is 2.21. The van der Waals surface area contributed by atoms with Crippen LogP contribution in [0.5, 0.6) is 0 Å². The molecule has 5 heteroatoms. The molecule has 0 radical (unpaired) electrons. The van der Waals surface area contributed by atoms with Crippen molar-refractivity contribution in [2.24, 2.45) is 0 Å². The molecule has 0 bridgehead atoms. The van der Waals surface area contributed by atoms with Crippen molar-refractivity contribution >= 4 is 0 Å². The first kappa shape index (κ1) is 9.79. The van der Waals surface area contributed by atoms with Gasteiger partial charge in [-0.05, 0) is 25.1 Å². The summed E-state index contributed by atoms with van der Waals surface area (Å²) >= 11 is 0. The lowest BCUT2D eigenvalue weighted by Crippen LogP contribution is -2.19. The summed E-state index contributed by atoms with van der Waals surface area (Å²) in [6.45, 7) is 2.02. The van der Waals surface area contributed by atoms with Crippen molar-refractivity contribution in [2.45, 2.75) is 13.0 Å². The Morgan fingerprint density at radius 1 is 1.40 bits per heavy atom. The largest absolute Gasteiger partial charge is 0.307 e. The monoisotopic (exact) mass is 203 g/mol. The van der Waals surface area contributed by atoms with Crippen LogP contribution in [0.3, 0.4) is 0 Å². The molecule has 0 aliphatic rings. The van der Waals surface area contributed by atoms with Gasteiger partial charge in [-0.25, -0.2) is 4.98 Å². The number of H-pyrrole nitrogens is 1. The molecule has 0 fully saturated rings. The molecule has 0 aliphatic carbocycles. The van der Waals surface area contributed by atoms with Gasteiger partial charge in [-0.1, -0.05) is 6.07 Å². The molecular formula is C10H13N5. The molecule has 1 atom stereocenters. The topological polar surface area (TPSA) is 66.5 Å². The molecule has 0 spiro atoms. The summed E-state index contributed by atoms with van der Waals surface area (Å²) in [6, 6.07) is 2.09. The number of hydrogen-bond acceptors (Lipinski definition) is 4. The molecule has 2 N–H and O–H groups in total. The molecule has 2 heterocycles. The molecule has 0 saturated heterocycles. The molecule has 5 nitrogen and oxygen atoms in total. The molecule has 0 aliphatic heterocycles. The molecule has 15 heavy (non-hydrogen) atoms. The van der Waals surface area contributed by atoms with Gasteiger partial charge in [0.1, 0.15) is 12.2 Å². The van der Waals surface area contributed by atoms with Crippen molar-refractivity contribution in [1.82, 2.24) is 25.5 Å². The van der Waals surface area contributed by atoms with Crippen LogP contribution >= 0.6 is 0 Å². The summed E-state index contributed by atoms with van der Waals surface area (Å²) in [5.74, 6) is 0.796. The van der Waals surface area contributed by atoms with Crippen LogP contribution in [0.15, 0.2) is 24.8 Å². The van der Waals surface area contributed by atoms with Gasteiger partial charge in [0.15, 0.2) is 0 Å². The molecule has 1 unspecified atom stereocenters. The van der Waals surface area contributed by atoms with Crippen molar-refractivity contribution in [1.29, 1.82) is 0 Å². The molecule has 78 valence electrons. The van der Waals surface area contributed by atoms with Crippen LogP contribution in [0.4, 0.5) is 0 Å². The molecule has 0 saturated carbocycles. The highest BCUT2D eigenvalue weighted by molar-refractivity contribution is 5.24. The van der Waals surface area contributed by atoms with E-state index in [0.29, 0.717) is 0 Å². The standard InChI is InChI=1S/C10H13N5/c1-7-3-8(5-12-4-7)9(11-2)10-13-6-14-15-10/h3-6,9,11H,1-2H3,(H,13,14,15). The van der Waals surface area contributed by atoms with Crippen molar-refractivity contribution in [2.75, 3.05) is 7.05 Å². The van der Waals surface area contributed by atoms with Crippen molar-refractivity contribution < 1.29 is 0 Å². The van der Waals surface area contributed by atoms with E-state index in [9.17, 15) is 0 Å². The third kappa shape index (κ3) is 2.02. The van der Waals surface area contributed by atoms with E-state index in [0.717, 1.165) is 17.0 Å². The Kier molecular flexibility index (Phi) is 2.73. The van der Waals surface area contributed by atoms with Gasteiger partial charge in [0.25, 0.3) is 0 Å². The Hall–Kier alpha value is -1.75. The lowest BCUT2D eigenvalue weighted by molar-refractivity contribution is 0.647. The van der Waals surface area contributed by atoms with E-state index in [1.54, 1.807) is 0 Å². The van der Waals surface area contributed by atoms with Gasteiger partial charge in [-0.15, -0.1) is 0 Å². The predicted octanol–water partition coefficient (Wildman–Crippen LogP) is 0.817. The lowest BCUT2D eigenvalue weighted by Gasteiger charge is -2.13. The second-order valence-corrected chi connectivity index (χ2v) is 3.39. The fraction of sp³-hybridized carbons (Fsp3) is 0.300. The zero-order valence-corrected chi connectivity index (χ0v) is 8.73. The van der Waals surface area contributed by atoms with E-state index in [1.165, 1.54) is 6.33 Å². The van der Waals surface area contributed by atoms with Crippen LogP contribution in [-0.2, 0) is 0 Å². The first-order valence-electron chi connectivity index (χ1n) is 4.75. The summed E-state index contributed by atoms with van der Waals surface area (Å²) in [6.07, 6.45) is 5.16. The first-order valence-corrected chi connectivity index (χ1v) is 4.75. The first-order chi connectivity index (χ1) is 7.31. The van der Waals surface area contributed by atoms with Crippen molar-refractivity contribution in [3.8, 4) is 0 Å². The highest BCUT2D eigenvalue weighted by atomic mass is 15.2. The Morgan fingerprint density at radius 2 is 2.27 bits per heavy atom. The minimum Gasteiger partial charge on any atom is -0.307 e. The zero-order valence-electron chi connectivity index (χ0n) is 8.73. The Bertz CT molecular complexity index is 423. The molecule has 0 aromatic carbocycles. The quantitative estimate of drug-likeness (QED) is 0.775. The van der Waals surface area contributed by atoms with E-state index in [2.05, 4.69) is 31.5 Å². The average molecular weight is 203 g/mol. The van der Waals surface area contributed by atoms with Gasteiger partial charge in [0.2, 0.25) is 0 Å². The number of aromatic amines is 1. The van der Waals surface area contributed by atoms with Gasteiger partial charge in [-0.2, -0.15) is 5.10 Å². The Labute approximate surface area is 88.0 Å². The Morgan fingerprint density at radius 3 is 2.87 bits per heavy atom. The van der Waals surface area contributed by atoms with Crippen LogP contribution in [0.1, 0.15) is 23.0 Å². The fourth-order valence-electron chi connectivity index (χ4n) is 1.55. The highest BCUT2D eigenvalue weighted by Gasteiger charge is 2.14. The van der Waals surface area contributed by atoms with Gasteiger partial charge in [0.05, 0.1) is 6.04 Å². The highest BCUT2D eigenvalue weighted by Crippen LogP contribution is 2.17. The van der Waals surface area contributed by atoms with Crippen LogP contribution in [0.25, 0.3) is 0 Å². The SMILES string of the molecule is CNC(c1cncc(C)c1)c1ncn[nH]1. The van der Waals surface area contributed by atoms with Crippen LogP contribution < -0.4 is 5.32 Å². The maximum Gasteiger partial charge on any atom is 0.146 e. The molecular weight excluding hydrogens is 190 g/mol. The van der Waals surface area contributed by atoms with E-state index >= 15 is 0 Å². The minimum absolute atomic E-state index is 0.0138. The van der Waals surface area contributed by atoms with Gasteiger partial charge in [-0.3, -0.25) is 10.1 Å². The van der Waals surface area contributed by atoms with E-state index in [4.69, 9.17) is 0 Å². The number of aromatic nitrogens is 4. The third-order valence-electron chi connectivity index (χ3n) is 2.23. The minimum atomic E-state index is 0.0138. The van der Waals surface area contributed by atoms with Crippen LogP contribution in [0, 0.1) is 6.92 Å². The van der Waals surface area contributed by atoms with Gasteiger partial charge >= 0.3 is 0 Å². The number of nitrogens with zero attached hydrogens (tertiary/aromatic N) is 3. The zero-order chi connectivity index (χ0) is 10.7. The number of rotatable bonds is 3. The predicted molar refractivity (Wildman–Crippen MR) is 56.3 cm³/mol. The second-order valence-electron chi connectivity index (χ2n) is 3.39. The molecule has 2 aromatic rings. The number of aryl methyl sites for hydroxylation is 1. The summed E-state index contributed by atoms with van der Waals surface area (Å²) in [5, 5.41) is 9.87. The van der Waals surface area contributed by atoms with Crippen LogP contribution in [-0.4, -0.2) is 27.2 Å². The number of hydrogen-bond donors (Lipinski definition) is 2. The summed E-state index contributed by atoms with van der Waals surface area (Å²) in [4.78, 5) is 8.30. The molecule has 2 aromatic heterocycles. The normalized spacial score (nSPS) is 12.7. The maximum atomic E-state index is 4.16. The maximum absolute atomic E-state index is 4.16. The van der Waals surface area contributed by atoms with Gasteiger partial charge < -0.3 is 5.32 Å². The summed E-state index contributed by atoms with van der Waals surface area (Å²) < 4.78 is 0. The van der Waals surface area contributed by atoms with Crippen molar-refractivity contribution in [3.63, 3.8) is 0 Å². The van der Waals surface area contributed by atoms with Crippen molar-refractivity contribution in [3.05, 3.63) is 41.7 Å². The Balaban J connectivity index is 2.35. The van der Waals surface area contributed by atoms with Gasteiger partial charge in [0, 0.05) is 12.4 Å². The van der Waals surface area contributed by atoms with Crippen LogP contribution in [0.2, 0.25) is 0 Å². The third-order valence-corrected chi connectivity index (χ3v) is 2.23. The molecule has 0 amide bonds. The average Bonchev–Trinajstić information content (AvgIpc) is 2.72. The number of nitrogens with one attached hydrogen (secondary N) is 2.